The average Bonchev–Trinajstić information content (AvgIpc) is 3.07. The fourth-order valence-electron chi connectivity index (χ4n) is 2.92. The molecule has 5 heteroatoms. The molecule has 0 aromatic heterocycles. The lowest BCUT2D eigenvalue weighted by molar-refractivity contribution is -0.128. The second-order valence-corrected chi connectivity index (χ2v) is 6.47. The lowest BCUT2D eigenvalue weighted by Gasteiger charge is -2.25. The molecule has 1 aliphatic heterocycles. The van der Waals surface area contributed by atoms with Crippen LogP contribution in [0.25, 0.3) is 0 Å². The standard InChI is InChI=1S/C19H28N2O3/c1-4-17(13-21-10-5-6-11-21)20-19(23)15(3)24-18-9-7-8-16(12-18)14(2)22/h7-9,12,15,17H,4-6,10-11,13H2,1-3H3,(H,20,23)/t15-,17-/m1/s1. The van der Waals surface area contributed by atoms with Gasteiger partial charge < -0.3 is 15.0 Å². The number of hydrogen-bond acceptors (Lipinski definition) is 4. The monoisotopic (exact) mass is 332 g/mol. The minimum atomic E-state index is -0.597. The first kappa shape index (κ1) is 18.5. The molecule has 0 unspecified atom stereocenters. The molecule has 1 saturated heterocycles. The number of carbonyl (C=O) groups is 2. The van der Waals surface area contributed by atoms with Crippen LogP contribution in [0.15, 0.2) is 24.3 Å². The number of Topliss-reactive ketones (excluding diaryl/α,β-unsaturated/α-hetero) is 1. The molecule has 0 radical (unpaired) electrons. The number of ether oxygens (including phenoxy) is 1. The molecule has 2 atom stereocenters. The SMILES string of the molecule is CC[C@H](CN1CCCC1)NC(=O)[C@@H](C)Oc1cccc(C(C)=O)c1. The van der Waals surface area contributed by atoms with Crippen molar-refractivity contribution in [1.29, 1.82) is 0 Å². The summed E-state index contributed by atoms with van der Waals surface area (Å²) in [5.74, 6) is 0.404. The van der Waals surface area contributed by atoms with Crippen molar-refractivity contribution in [3.05, 3.63) is 29.8 Å². The molecular formula is C19H28N2O3. The molecule has 1 heterocycles. The van der Waals surface area contributed by atoms with E-state index in [0.717, 1.165) is 26.1 Å². The Morgan fingerprint density at radius 3 is 2.62 bits per heavy atom. The summed E-state index contributed by atoms with van der Waals surface area (Å²) < 4.78 is 5.70. The second-order valence-electron chi connectivity index (χ2n) is 6.47. The summed E-state index contributed by atoms with van der Waals surface area (Å²) in [4.78, 5) is 26.2. The molecule has 2 rings (SSSR count). The largest absolute Gasteiger partial charge is 0.481 e. The van der Waals surface area contributed by atoms with Gasteiger partial charge in [0.2, 0.25) is 0 Å². The van der Waals surface area contributed by atoms with Gasteiger partial charge in [0.15, 0.2) is 11.9 Å². The van der Waals surface area contributed by atoms with Crippen LogP contribution >= 0.6 is 0 Å². The van der Waals surface area contributed by atoms with Crippen LogP contribution in [0.2, 0.25) is 0 Å². The summed E-state index contributed by atoms with van der Waals surface area (Å²) in [6.07, 6.45) is 2.79. The molecule has 0 saturated carbocycles. The van der Waals surface area contributed by atoms with E-state index in [4.69, 9.17) is 4.74 Å². The number of hydrogen-bond donors (Lipinski definition) is 1. The van der Waals surface area contributed by atoms with E-state index in [2.05, 4.69) is 17.1 Å². The minimum absolute atomic E-state index is 0.0192. The average molecular weight is 332 g/mol. The lowest BCUT2D eigenvalue weighted by atomic mass is 10.1. The number of nitrogens with zero attached hydrogens (tertiary/aromatic N) is 1. The molecule has 1 aromatic rings. The summed E-state index contributed by atoms with van der Waals surface area (Å²) in [5, 5.41) is 3.08. The molecule has 1 aromatic carbocycles. The van der Waals surface area contributed by atoms with E-state index >= 15 is 0 Å². The van der Waals surface area contributed by atoms with Gasteiger partial charge in [-0.15, -0.1) is 0 Å². The lowest BCUT2D eigenvalue weighted by Crippen LogP contribution is -2.47. The number of nitrogens with one attached hydrogen (secondary N) is 1. The zero-order valence-corrected chi connectivity index (χ0v) is 14.9. The van der Waals surface area contributed by atoms with E-state index in [1.807, 2.05) is 0 Å². The third-order valence-electron chi connectivity index (χ3n) is 4.44. The van der Waals surface area contributed by atoms with E-state index in [9.17, 15) is 9.59 Å². The van der Waals surface area contributed by atoms with Gasteiger partial charge in [0.05, 0.1) is 0 Å². The van der Waals surface area contributed by atoms with Gasteiger partial charge in [-0.1, -0.05) is 19.1 Å². The highest BCUT2D eigenvalue weighted by Gasteiger charge is 2.21. The van der Waals surface area contributed by atoms with Crippen molar-refractivity contribution in [2.24, 2.45) is 0 Å². The van der Waals surface area contributed by atoms with E-state index in [1.165, 1.54) is 19.8 Å². The van der Waals surface area contributed by atoms with Crippen molar-refractivity contribution in [2.75, 3.05) is 19.6 Å². The molecule has 24 heavy (non-hydrogen) atoms. The van der Waals surface area contributed by atoms with Gasteiger partial charge in [-0.3, -0.25) is 9.59 Å². The zero-order valence-electron chi connectivity index (χ0n) is 14.9. The predicted molar refractivity (Wildman–Crippen MR) is 94.4 cm³/mol. The van der Waals surface area contributed by atoms with Gasteiger partial charge >= 0.3 is 0 Å². The van der Waals surface area contributed by atoms with Crippen molar-refractivity contribution in [3.63, 3.8) is 0 Å². The first-order valence-electron chi connectivity index (χ1n) is 8.80. The minimum Gasteiger partial charge on any atom is -0.481 e. The molecule has 132 valence electrons. The smallest absolute Gasteiger partial charge is 0.261 e. The molecule has 0 aliphatic carbocycles. The van der Waals surface area contributed by atoms with Gasteiger partial charge in [0.1, 0.15) is 5.75 Å². The maximum atomic E-state index is 12.4. The Bertz CT molecular complexity index is 567. The molecule has 5 nitrogen and oxygen atoms in total. The fraction of sp³-hybridized carbons (Fsp3) is 0.579. The quantitative estimate of drug-likeness (QED) is 0.744. The van der Waals surface area contributed by atoms with Crippen LogP contribution in [-0.4, -0.2) is 48.4 Å². The molecule has 1 aliphatic rings. The van der Waals surface area contributed by atoms with Crippen LogP contribution in [0.4, 0.5) is 0 Å². The summed E-state index contributed by atoms with van der Waals surface area (Å²) in [6.45, 7) is 8.47. The van der Waals surface area contributed by atoms with Crippen LogP contribution in [0, 0.1) is 0 Å². The van der Waals surface area contributed by atoms with Crippen molar-refractivity contribution < 1.29 is 14.3 Å². The normalized spacial score (nSPS) is 17.3. The third-order valence-corrected chi connectivity index (χ3v) is 4.44. The number of amides is 1. The van der Waals surface area contributed by atoms with Crippen LogP contribution in [0.1, 0.15) is 50.4 Å². The Balaban J connectivity index is 1.88. The van der Waals surface area contributed by atoms with Gasteiger partial charge in [0.25, 0.3) is 5.91 Å². The summed E-state index contributed by atoms with van der Waals surface area (Å²) in [5.41, 5.74) is 0.584. The van der Waals surface area contributed by atoms with Crippen LogP contribution in [0.3, 0.4) is 0 Å². The maximum absolute atomic E-state index is 12.4. The Kier molecular flexibility index (Phi) is 6.79. The summed E-state index contributed by atoms with van der Waals surface area (Å²) >= 11 is 0. The van der Waals surface area contributed by atoms with Crippen molar-refractivity contribution in [3.8, 4) is 5.75 Å². The highest BCUT2D eigenvalue weighted by Crippen LogP contribution is 2.16. The second kappa shape index (κ2) is 8.83. The number of ketones is 1. The molecule has 1 N–H and O–H groups in total. The first-order valence-corrected chi connectivity index (χ1v) is 8.80. The van der Waals surface area contributed by atoms with Crippen molar-refractivity contribution in [2.45, 2.75) is 52.2 Å². The van der Waals surface area contributed by atoms with Gasteiger partial charge in [-0.05, 0) is 58.3 Å². The summed E-state index contributed by atoms with van der Waals surface area (Å²) in [7, 11) is 0. The van der Waals surface area contributed by atoms with Gasteiger partial charge in [0, 0.05) is 18.2 Å². The highest BCUT2D eigenvalue weighted by molar-refractivity contribution is 5.94. The number of likely N-dealkylation sites (tertiary alicyclic amines) is 1. The van der Waals surface area contributed by atoms with Crippen molar-refractivity contribution in [1.82, 2.24) is 10.2 Å². The Hall–Kier alpha value is -1.88. The van der Waals surface area contributed by atoms with Crippen LogP contribution in [0.5, 0.6) is 5.75 Å². The Labute approximate surface area is 144 Å². The molecule has 0 spiro atoms. The van der Waals surface area contributed by atoms with Crippen LogP contribution < -0.4 is 10.1 Å². The maximum Gasteiger partial charge on any atom is 0.261 e. The number of benzene rings is 1. The molecule has 0 bridgehead atoms. The number of carbonyl (C=O) groups excluding carboxylic acids is 2. The molecule has 1 amide bonds. The van der Waals surface area contributed by atoms with Crippen molar-refractivity contribution >= 4 is 11.7 Å². The van der Waals surface area contributed by atoms with E-state index in [-0.39, 0.29) is 17.7 Å². The Morgan fingerprint density at radius 2 is 2.00 bits per heavy atom. The summed E-state index contributed by atoms with van der Waals surface area (Å²) in [6, 6.07) is 7.08. The highest BCUT2D eigenvalue weighted by atomic mass is 16.5. The Morgan fingerprint density at radius 1 is 1.29 bits per heavy atom. The molecular weight excluding hydrogens is 304 g/mol. The first-order chi connectivity index (χ1) is 11.5. The van der Waals surface area contributed by atoms with Gasteiger partial charge in [-0.2, -0.15) is 0 Å². The fourth-order valence-corrected chi connectivity index (χ4v) is 2.92. The van der Waals surface area contributed by atoms with Crippen LogP contribution in [-0.2, 0) is 4.79 Å². The topological polar surface area (TPSA) is 58.6 Å². The van der Waals surface area contributed by atoms with E-state index in [1.54, 1.807) is 31.2 Å². The van der Waals surface area contributed by atoms with E-state index < -0.39 is 6.10 Å². The predicted octanol–water partition coefficient (Wildman–Crippen LogP) is 2.65. The third kappa shape index (κ3) is 5.34. The van der Waals surface area contributed by atoms with E-state index in [0.29, 0.717) is 11.3 Å². The van der Waals surface area contributed by atoms with Gasteiger partial charge in [-0.25, -0.2) is 0 Å². The molecule has 1 fully saturated rings. The zero-order chi connectivity index (χ0) is 17.5. The number of rotatable bonds is 8.